The Morgan fingerprint density at radius 1 is 0.649 bits per heavy atom. The number of hydrogen-bond acceptors (Lipinski definition) is 7. The van der Waals surface area contributed by atoms with Gasteiger partial charge in [-0.25, -0.2) is 13.5 Å². The first-order chi connectivity index (χ1) is 27.1. The van der Waals surface area contributed by atoms with Crippen molar-refractivity contribution in [3.05, 3.63) is 144 Å². The third-order valence-electron chi connectivity index (χ3n) is 8.61. The molecule has 0 atom stereocenters. The first kappa shape index (κ1) is 47.8. The number of hydrogen-bond donors (Lipinski definition) is 1. The summed E-state index contributed by atoms with van der Waals surface area (Å²) in [7, 11) is 0. The van der Waals surface area contributed by atoms with E-state index in [9.17, 15) is 18.4 Å². The van der Waals surface area contributed by atoms with E-state index in [1.165, 1.54) is 48.6 Å². The Hall–Kier alpha value is -5.39. The number of carbonyl (C=O) groups excluding carboxylic acids is 2. The summed E-state index contributed by atoms with van der Waals surface area (Å²) in [6.07, 6.45) is 7.32. The molecule has 0 unspecified atom stereocenters. The molecule has 0 aliphatic heterocycles. The van der Waals surface area contributed by atoms with Gasteiger partial charge in [0.2, 0.25) is 11.1 Å². The highest BCUT2D eigenvalue weighted by atomic mass is 35.5. The van der Waals surface area contributed by atoms with E-state index in [1.54, 1.807) is 31.5 Å². The fourth-order valence-corrected chi connectivity index (χ4v) is 5.26. The lowest BCUT2D eigenvalue weighted by Gasteiger charge is -2.13. The molecule has 0 saturated carbocycles. The number of aryl methyl sites for hydroxylation is 4. The van der Waals surface area contributed by atoms with Gasteiger partial charge in [-0.3, -0.25) is 24.7 Å². The van der Waals surface area contributed by atoms with Gasteiger partial charge in [0.25, 0.3) is 0 Å². The summed E-state index contributed by atoms with van der Waals surface area (Å²) in [5.74, 6) is -0.499. The number of halogens is 3. The standard InChI is InChI=1S/C19H18FN3O.C16H14FN3.C6H15N.C3H5ClO.CH4/c1-2-19(24)23-16(11-8-14-6-9-15(20)10-7-14)13-18(22-23)17-5-3-4-12-21-17;17-13-7-4-12(5-8-13)6-9-14-11-16(20-19-14)15-3-1-2-10-18-15;1-4-7(5-2)6-3;1-2-3(4)5;/h3-7,9-10,12-13H,2,8,11H2,1H3;1-5,7-8,10-11H,6,9H2,(H,19,20);4-6H2,1-3H3;2H2,1H3;1H4. The average Bonchev–Trinajstić information content (AvgIpc) is 3.90. The minimum Gasteiger partial charge on any atom is -0.304 e. The summed E-state index contributed by atoms with van der Waals surface area (Å²) in [5, 5.41) is 11.4. The molecular formula is C45H56ClF2N7O2. The van der Waals surface area contributed by atoms with Crippen LogP contribution < -0.4 is 0 Å². The number of carbonyl (C=O) groups is 2. The Kier molecular flexibility index (Phi) is 22.2. The quantitative estimate of drug-likeness (QED) is 0.116. The molecule has 0 spiro atoms. The lowest BCUT2D eigenvalue weighted by molar-refractivity contribution is -0.111. The van der Waals surface area contributed by atoms with Crippen LogP contribution in [0.4, 0.5) is 8.78 Å². The van der Waals surface area contributed by atoms with Crippen molar-refractivity contribution in [2.24, 2.45) is 0 Å². The van der Waals surface area contributed by atoms with Crippen LogP contribution in [-0.2, 0) is 30.5 Å². The maximum atomic E-state index is 13.0. The maximum Gasteiger partial charge on any atom is 0.246 e. The number of nitrogens with one attached hydrogen (secondary N) is 1. The van der Waals surface area contributed by atoms with E-state index in [1.807, 2.05) is 67.6 Å². The van der Waals surface area contributed by atoms with Crippen molar-refractivity contribution in [3.63, 3.8) is 0 Å². The molecule has 0 bridgehead atoms. The van der Waals surface area contributed by atoms with Crippen LogP contribution in [0.1, 0.15) is 82.2 Å². The fourth-order valence-electron chi connectivity index (χ4n) is 5.26. The summed E-state index contributed by atoms with van der Waals surface area (Å²) >= 11 is 4.82. The smallest absolute Gasteiger partial charge is 0.246 e. The van der Waals surface area contributed by atoms with Crippen LogP contribution >= 0.6 is 11.6 Å². The van der Waals surface area contributed by atoms with Crippen LogP contribution in [-0.4, -0.2) is 65.6 Å². The molecule has 0 aliphatic rings. The zero-order chi connectivity index (χ0) is 40.7. The van der Waals surface area contributed by atoms with Gasteiger partial charge in [0.1, 0.15) is 23.0 Å². The number of pyridine rings is 2. The summed E-state index contributed by atoms with van der Waals surface area (Å²) in [6.45, 7) is 13.7. The zero-order valence-electron chi connectivity index (χ0n) is 32.9. The number of H-pyrrole nitrogens is 1. The van der Waals surface area contributed by atoms with Crippen molar-refractivity contribution in [2.75, 3.05) is 19.6 Å². The summed E-state index contributed by atoms with van der Waals surface area (Å²) in [5.41, 5.74) is 7.15. The van der Waals surface area contributed by atoms with Crippen LogP contribution in [0.5, 0.6) is 0 Å². The molecule has 57 heavy (non-hydrogen) atoms. The van der Waals surface area contributed by atoms with Gasteiger partial charge in [-0.05, 0) is 129 Å². The Balaban J connectivity index is 0.000000305. The van der Waals surface area contributed by atoms with Gasteiger partial charge in [0.05, 0.1) is 11.4 Å². The molecule has 0 radical (unpaired) electrons. The predicted molar refractivity (Wildman–Crippen MR) is 227 cm³/mol. The minimum atomic E-state index is -0.273. The van der Waals surface area contributed by atoms with Gasteiger partial charge in [-0.2, -0.15) is 10.2 Å². The van der Waals surface area contributed by atoms with E-state index in [2.05, 4.69) is 50.9 Å². The van der Waals surface area contributed by atoms with Crippen LogP contribution in [0.2, 0.25) is 0 Å². The minimum absolute atomic E-state index is 0. The molecule has 304 valence electrons. The highest BCUT2D eigenvalue weighted by molar-refractivity contribution is 6.63. The second-order valence-electron chi connectivity index (χ2n) is 12.5. The third kappa shape index (κ3) is 17.1. The molecule has 0 aliphatic carbocycles. The lowest BCUT2D eigenvalue weighted by atomic mass is 10.1. The number of rotatable bonds is 13. The molecule has 0 saturated heterocycles. The Bertz CT molecular complexity index is 1990. The molecule has 6 rings (SSSR count). The van der Waals surface area contributed by atoms with Crippen molar-refractivity contribution in [2.45, 2.75) is 80.6 Å². The molecule has 0 fully saturated rings. The van der Waals surface area contributed by atoms with E-state index in [0.29, 0.717) is 31.4 Å². The van der Waals surface area contributed by atoms with Gasteiger partial charge >= 0.3 is 0 Å². The second kappa shape index (κ2) is 26.5. The first-order valence-electron chi connectivity index (χ1n) is 19.0. The topological polar surface area (TPSA) is 110 Å². The summed E-state index contributed by atoms with van der Waals surface area (Å²) in [6, 6.07) is 28.3. The Labute approximate surface area is 341 Å². The molecule has 6 aromatic rings. The molecule has 4 aromatic heterocycles. The predicted octanol–water partition coefficient (Wildman–Crippen LogP) is 10.5. The summed E-state index contributed by atoms with van der Waals surface area (Å²) in [4.78, 5) is 32.7. The van der Waals surface area contributed by atoms with Crippen LogP contribution in [0.15, 0.2) is 109 Å². The normalized spacial score (nSPS) is 10.2. The third-order valence-corrected chi connectivity index (χ3v) is 8.87. The number of benzene rings is 2. The van der Waals surface area contributed by atoms with E-state index < -0.39 is 0 Å². The fraction of sp³-hybridized carbons (Fsp3) is 0.333. The molecule has 12 heteroatoms. The van der Waals surface area contributed by atoms with Crippen LogP contribution in [0, 0.1) is 11.6 Å². The molecule has 1 N–H and O–H groups in total. The molecule has 4 heterocycles. The van der Waals surface area contributed by atoms with Crippen molar-refractivity contribution >= 4 is 22.8 Å². The summed E-state index contributed by atoms with van der Waals surface area (Å²) < 4.78 is 27.3. The molecule has 9 nitrogen and oxygen atoms in total. The van der Waals surface area contributed by atoms with Gasteiger partial charge in [-0.1, -0.05) is 78.4 Å². The van der Waals surface area contributed by atoms with E-state index in [0.717, 1.165) is 52.4 Å². The highest BCUT2D eigenvalue weighted by Crippen LogP contribution is 2.19. The van der Waals surface area contributed by atoms with Gasteiger partial charge in [0.15, 0.2) is 0 Å². The van der Waals surface area contributed by atoms with Crippen LogP contribution in [0.3, 0.4) is 0 Å². The number of aromatic amines is 1. The van der Waals surface area contributed by atoms with Crippen molar-refractivity contribution < 1.29 is 18.4 Å². The van der Waals surface area contributed by atoms with Crippen molar-refractivity contribution in [1.82, 2.24) is 34.8 Å². The van der Waals surface area contributed by atoms with Crippen LogP contribution in [0.25, 0.3) is 22.8 Å². The maximum absolute atomic E-state index is 13.0. The van der Waals surface area contributed by atoms with Crippen molar-refractivity contribution in [1.29, 1.82) is 0 Å². The number of aromatic nitrogens is 6. The largest absolute Gasteiger partial charge is 0.304 e. The Morgan fingerprint density at radius 2 is 1.14 bits per heavy atom. The molecule has 2 aromatic carbocycles. The van der Waals surface area contributed by atoms with Gasteiger partial charge in [-0.15, -0.1) is 0 Å². The first-order valence-corrected chi connectivity index (χ1v) is 19.4. The SMILES string of the molecule is C.CCC(=O)Cl.CCC(=O)n1nc(-c2ccccn2)cc1CCc1ccc(F)cc1.CCN(CC)CC.Fc1ccc(CCc2cc(-c3ccccn3)n[nH]2)cc1. The number of nitrogens with zero attached hydrogens (tertiary/aromatic N) is 6. The molecular weight excluding hydrogens is 744 g/mol. The average molecular weight is 800 g/mol. The second-order valence-corrected chi connectivity index (χ2v) is 12.9. The van der Waals surface area contributed by atoms with E-state index in [4.69, 9.17) is 11.6 Å². The van der Waals surface area contributed by atoms with Crippen molar-refractivity contribution in [3.8, 4) is 22.8 Å². The van der Waals surface area contributed by atoms with Gasteiger partial charge in [0, 0.05) is 36.6 Å². The molecule has 0 amide bonds. The zero-order valence-corrected chi connectivity index (χ0v) is 33.6. The monoisotopic (exact) mass is 799 g/mol. The highest BCUT2D eigenvalue weighted by Gasteiger charge is 2.15. The van der Waals surface area contributed by atoms with E-state index >= 15 is 0 Å². The van der Waals surface area contributed by atoms with E-state index in [-0.39, 0.29) is 30.2 Å². The van der Waals surface area contributed by atoms with Gasteiger partial charge < -0.3 is 4.90 Å². The Morgan fingerprint density at radius 3 is 1.56 bits per heavy atom. The lowest BCUT2D eigenvalue weighted by Crippen LogP contribution is -2.21.